The Hall–Kier alpha value is -3.15. The Labute approximate surface area is 208 Å². The number of aromatic hydroxyl groups is 1. The molecule has 2 aliphatic rings. The van der Waals surface area contributed by atoms with Crippen LogP contribution in [-0.4, -0.2) is 65.0 Å². The molecule has 0 aromatic heterocycles. The Bertz CT molecular complexity index is 1050. The van der Waals surface area contributed by atoms with Gasteiger partial charge in [-0.3, -0.25) is 14.6 Å². The Morgan fingerprint density at radius 2 is 1.29 bits per heavy atom. The van der Waals surface area contributed by atoms with Crippen molar-refractivity contribution in [2.24, 2.45) is 5.92 Å². The maximum absolute atomic E-state index is 13.3. The summed E-state index contributed by atoms with van der Waals surface area (Å²) in [6.07, 6.45) is 1.78. The predicted molar refractivity (Wildman–Crippen MR) is 139 cm³/mol. The van der Waals surface area contributed by atoms with E-state index in [9.17, 15) is 9.90 Å². The Kier molecular flexibility index (Phi) is 7.45. The minimum atomic E-state index is 0.112. The van der Waals surface area contributed by atoms with Crippen LogP contribution in [0, 0.1) is 5.92 Å². The van der Waals surface area contributed by atoms with Crippen molar-refractivity contribution in [2.45, 2.75) is 25.4 Å². The molecule has 0 aliphatic carbocycles. The van der Waals surface area contributed by atoms with Gasteiger partial charge < -0.3 is 10.0 Å². The fraction of sp³-hybridized carbons (Fsp3) is 0.367. The largest absolute Gasteiger partial charge is 0.508 e. The first-order chi connectivity index (χ1) is 17.2. The molecule has 0 unspecified atom stereocenters. The van der Waals surface area contributed by atoms with E-state index in [4.69, 9.17) is 0 Å². The molecule has 1 N–H and O–H groups in total. The molecule has 5 nitrogen and oxygen atoms in total. The van der Waals surface area contributed by atoms with Crippen molar-refractivity contribution in [3.05, 3.63) is 102 Å². The number of phenols is 1. The van der Waals surface area contributed by atoms with Crippen LogP contribution in [0.4, 0.5) is 0 Å². The van der Waals surface area contributed by atoms with Gasteiger partial charge in [-0.2, -0.15) is 0 Å². The molecule has 182 valence electrons. The average Bonchev–Trinajstić information content (AvgIpc) is 2.92. The first kappa shape index (κ1) is 23.6. The lowest BCUT2D eigenvalue weighted by molar-refractivity contribution is -0.139. The second kappa shape index (κ2) is 11.1. The molecule has 35 heavy (non-hydrogen) atoms. The van der Waals surface area contributed by atoms with E-state index in [1.807, 2.05) is 18.2 Å². The van der Waals surface area contributed by atoms with Crippen LogP contribution in [0.5, 0.6) is 5.75 Å². The van der Waals surface area contributed by atoms with Crippen molar-refractivity contribution >= 4 is 5.91 Å². The molecular weight excluding hydrogens is 434 g/mol. The number of piperazine rings is 1. The molecule has 0 saturated carbocycles. The second-order valence-corrected chi connectivity index (χ2v) is 9.76. The van der Waals surface area contributed by atoms with Gasteiger partial charge in [0.2, 0.25) is 5.91 Å². The number of carbonyl (C=O) groups is 1. The van der Waals surface area contributed by atoms with Gasteiger partial charge in [0.25, 0.3) is 0 Å². The molecule has 0 radical (unpaired) electrons. The number of rotatable bonds is 6. The van der Waals surface area contributed by atoms with E-state index < -0.39 is 0 Å². The molecular formula is C30H35N3O2. The van der Waals surface area contributed by atoms with E-state index in [2.05, 4.69) is 75.4 Å². The quantitative estimate of drug-likeness (QED) is 0.576. The Balaban J connectivity index is 1.16. The lowest BCUT2D eigenvalue weighted by Gasteiger charge is -2.41. The topological polar surface area (TPSA) is 47.0 Å². The minimum absolute atomic E-state index is 0.112. The van der Waals surface area contributed by atoms with Gasteiger partial charge in [-0.1, -0.05) is 78.9 Å². The normalized spacial score (nSPS) is 18.1. The third kappa shape index (κ3) is 5.58. The number of nitrogens with zero attached hydrogens (tertiary/aromatic N) is 3. The molecule has 0 bridgehead atoms. The number of likely N-dealkylation sites (tertiary alicyclic amines) is 1. The van der Waals surface area contributed by atoms with Gasteiger partial charge in [0.1, 0.15) is 5.75 Å². The van der Waals surface area contributed by atoms with Crippen LogP contribution >= 0.6 is 0 Å². The van der Waals surface area contributed by atoms with Gasteiger partial charge in [-0.15, -0.1) is 0 Å². The zero-order valence-corrected chi connectivity index (χ0v) is 20.3. The Morgan fingerprint density at radius 1 is 0.743 bits per heavy atom. The van der Waals surface area contributed by atoms with Crippen LogP contribution in [0.1, 0.15) is 35.6 Å². The molecule has 2 heterocycles. The zero-order chi connectivity index (χ0) is 24.0. The number of hydrogen-bond donors (Lipinski definition) is 1. The van der Waals surface area contributed by atoms with Gasteiger partial charge in [-0.25, -0.2) is 0 Å². The Morgan fingerprint density at radius 3 is 1.86 bits per heavy atom. The molecule has 3 aromatic carbocycles. The van der Waals surface area contributed by atoms with E-state index in [-0.39, 0.29) is 12.0 Å². The van der Waals surface area contributed by atoms with Gasteiger partial charge >= 0.3 is 0 Å². The van der Waals surface area contributed by atoms with Crippen molar-refractivity contribution in [1.29, 1.82) is 0 Å². The fourth-order valence-electron chi connectivity index (χ4n) is 5.57. The maximum Gasteiger partial charge on any atom is 0.225 e. The first-order valence-corrected chi connectivity index (χ1v) is 12.8. The van der Waals surface area contributed by atoms with E-state index in [1.165, 1.54) is 11.1 Å². The highest BCUT2D eigenvalue weighted by Crippen LogP contribution is 2.30. The summed E-state index contributed by atoms with van der Waals surface area (Å²) < 4.78 is 0. The van der Waals surface area contributed by atoms with Gasteiger partial charge in [0.05, 0.1) is 6.04 Å². The average molecular weight is 470 g/mol. The standard InChI is InChI=1S/C30H35N3O2/c34-28-14-8-7-13-27(28)23-31-17-15-26(16-18-31)30(35)33-21-19-32(20-22-33)29(24-9-3-1-4-10-24)25-11-5-2-6-12-25/h1-14,26,29,34H,15-23H2. The molecule has 3 aromatic rings. The second-order valence-electron chi connectivity index (χ2n) is 9.76. The van der Waals surface area contributed by atoms with Crippen molar-refractivity contribution in [3.8, 4) is 5.75 Å². The van der Waals surface area contributed by atoms with E-state index in [0.717, 1.165) is 64.2 Å². The molecule has 5 rings (SSSR count). The molecule has 0 atom stereocenters. The predicted octanol–water partition coefficient (Wildman–Crippen LogP) is 4.54. The summed E-state index contributed by atoms with van der Waals surface area (Å²) in [5.41, 5.74) is 3.56. The summed E-state index contributed by atoms with van der Waals surface area (Å²) in [5, 5.41) is 10.1. The number of amides is 1. The minimum Gasteiger partial charge on any atom is -0.508 e. The first-order valence-electron chi connectivity index (χ1n) is 12.8. The third-order valence-corrected chi connectivity index (χ3v) is 7.54. The SMILES string of the molecule is O=C(C1CCN(Cc2ccccc2O)CC1)N1CCN(C(c2ccccc2)c2ccccc2)CC1. The molecule has 2 fully saturated rings. The smallest absolute Gasteiger partial charge is 0.225 e. The molecule has 1 amide bonds. The lowest BCUT2D eigenvalue weighted by Crippen LogP contribution is -2.52. The van der Waals surface area contributed by atoms with Crippen molar-refractivity contribution in [3.63, 3.8) is 0 Å². The number of para-hydroxylation sites is 1. The summed E-state index contributed by atoms with van der Waals surface area (Å²) in [5.74, 6) is 0.789. The number of hydrogen-bond acceptors (Lipinski definition) is 4. The number of piperidine rings is 1. The number of benzene rings is 3. The van der Waals surface area contributed by atoms with Gasteiger partial charge in [-0.05, 0) is 43.1 Å². The summed E-state index contributed by atoms with van der Waals surface area (Å²) in [4.78, 5) is 20.3. The van der Waals surface area contributed by atoms with Crippen molar-refractivity contribution in [1.82, 2.24) is 14.7 Å². The van der Waals surface area contributed by atoms with Crippen molar-refractivity contribution in [2.75, 3.05) is 39.3 Å². The highest BCUT2D eigenvalue weighted by molar-refractivity contribution is 5.79. The highest BCUT2D eigenvalue weighted by atomic mass is 16.3. The van der Waals surface area contributed by atoms with E-state index >= 15 is 0 Å². The van der Waals surface area contributed by atoms with Gasteiger partial charge in [0, 0.05) is 44.2 Å². The lowest BCUT2D eigenvalue weighted by atomic mass is 9.94. The molecule has 2 saturated heterocycles. The fourth-order valence-corrected chi connectivity index (χ4v) is 5.57. The molecule has 0 spiro atoms. The third-order valence-electron chi connectivity index (χ3n) is 7.54. The summed E-state index contributed by atoms with van der Waals surface area (Å²) in [6.45, 7) is 5.87. The van der Waals surface area contributed by atoms with E-state index in [1.54, 1.807) is 6.07 Å². The van der Waals surface area contributed by atoms with Crippen LogP contribution in [-0.2, 0) is 11.3 Å². The summed E-state index contributed by atoms with van der Waals surface area (Å²) in [6, 6.07) is 29.1. The van der Waals surface area contributed by atoms with E-state index in [0.29, 0.717) is 11.7 Å². The summed E-state index contributed by atoms with van der Waals surface area (Å²) in [7, 11) is 0. The highest BCUT2D eigenvalue weighted by Gasteiger charge is 2.32. The van der Waals surface area contributed by atoms with Crippen LogP contribution < -0.4 is 0 Å². The van der Waals surface area contributed by atoms with Crippen molar-refractivity contribution < 1.29 is 9.90 Å². The summed E-state index contributed by atoms with van der Waals surface area (Å²) >= 11 is 0. The molecule has 2 aliphatic heterocycles. The maximum atomic E-state index is 13.3. The number of phenolic OH excluding ortho intramolecular Hbond substituents is 1. The zero-order valence-electron chi connectivity index (χ0n) is 20.3. The monoisotopic (exact) mass is 469 g/mol. The van der Waals surface area contributed by atoms with Crippen LogP contribution in [0.25, 0.3) is 0 Å². The number of carbonyl (C=O) groups excluding carboxylic acids is 1. The van der Waals surface area contributed by atoms with Gasteiger partial charge in [0.15, 0.2) is 0 Å². The molecule has 5 heteroatoms. The van der Waals surface area contributed by atoms with Crippen LogP contribution in [0.15, 0.2) is 84.9 Å². The van der Waals surface area contributed by atoms with Crippen LogP contribution in [0.3, 0.4) is 0 Å². The van der Waals surface area contributed by atoms with Crippen LogP contribution in [0.2, 0.25) is 0 Å².